The molecule has 1 aliphatic rings. The molecule has 130 valence electrons. The second-order valence-electron chi connectivity index (χ2n) is 5.73. The Kier molecular flexibility index (Phi) is 5.17. The van der Waals surface area contributed by atoms with Crippen LogP contribution in [0.2, 0.25) is 0 Å². The first kappa shape index (κ1) is 16.9. The molecule has 2 heterocycles. The second kappa shape index (κ2) is 7.33. The first-order valence-electron chi connectivity index (χ1n) is 7.72. The quantitative estimate of drug-likeness (QED) is 0.873. The van der Waals surface area contributed by atoms with Crippen molar-refractivity contribution in [3.63, 3.8) is 0 Å². The van der Waals surface area contributed by atoms with Crippen molar-refractivity contribution in [2.24, 2.45) is 0 Å². The van der Waals surface area contributed by atoms with Crippen LogP contribution in [0.4, 0.5) is 8.78 Å². The van der Waals surface area contributed by atoms with E-state index in [2.05, 4.69) is 15.5 Å². The summed E-state index contributed by atoms with van der Waals surface area (Å²) in [6, 6.07) is 3.55. The molecule has 1 aliphatic heterocycles. The molecular formula is C16H19F2N3O3. The number of nitrogens with one attached hydrogen (secondary N) is 1. The summed E-state index contributed by atoms with van der Waals surface area (Å²) in [6.45, 7) is 2.71. The first-order valence-corrected chi connectivity index (χ1v) is 7.72. The van der Waals surface area contributed by atoms with Crippen molar-refractivity contribution < 1.29 is 22.8 Å². The molecule has 0 radical (unpaired) electrons. The highest BCUT2D eigenvalue weighted by atomic mass is 19.2. The third-order valence-electron chi connectivity index (χ3n) is 3.96. The van der Waals surface area contributed by atoms with Crippen molar-refractivity contribution in [1.82, 2.24) is 15.5 Å². The zero-order valence-electron chi connectivity index (χ0n) is 13.5. The van der Waals surface area contributed by atoms with E-state index in [0.29, 0.717) is 23.9 Å². The van der Waals surface area contributed by atoms with Gasteiger partial charge in [0.2, 0.25) is 5.89 Å². The van der Waals surface area contributed by atoms with Gasteiger partial charge in [0.25, 0.3) is 0 Å². The number of rotatable bonds is 6. The summed E-state index contributed by atoms with van der Waals surface area (Å²) in [5.74, 6) is -0.832. The lowest BCUT2D eigenvalue weighted by Gasteiger charge is -2.22. The summed E-state index contributed by atoms with van der Waals surface area (Å²) < 4.78 is 42.4. The topological polar surface area (TPSA) is 69.4 Å². The lowest BCUT2D eigenvalue weighted by Crippen LogP contribution is -2.34. The van der Waals surface area contributed by atoms with E-state index in [-0.39, 0.29) is 24.8 Å². The third kappa shape index (κ3) is 3.61. The minimum atomic E-state index is -0.879. The van der Waals surface area contributed by atoms with Crippen LogP contribution < -0.4 is 5.32 Å². The van der Waals surface area contributed by atoms with Gasteiger partial charge in [-0.3, -0.25) is 0 Å². The Morgan fingerprint density at radius 3 is 2.96 bits per heavy atom. The fraction of sp³-hybridized carbons (Fsp3) is 0.500. The molecule has 24 heavy (non-hydrogen) atoms. The molecule has 1 aromatic heterocycles. The van der Waals surface area contributed by atoms with E-state index in [4.69, 9.17) is 14.0 Å². The van der Waals surface area contributed by atoms with Gasteiger partial charge < -0.3 is 19.3 Å². The van der Waals surface area contributed by atoms with Gasteiger partial charge in [0.15, 0.2) is 17.5 Å². The molecule has 2 aromatic rings. The van der Waals surface area contributed by atoms with Crippen LogP contribution in [-0.4, -0.2) is 29.9 Å². The molecule has 0 aliphatic carbocycles. The van der Waals surface area contributed by atoms with Crippen LogP contribution in [0.15, 0.2) is 22.7 Å². The average Bonchev–Trinajstić information content (AvgIpc) is 3.20. The Bertz CT molecular complexity index is 695. The molecule has 1 N–H and O–H groups in total. The van der Waals surface area contributed by atoms with Gasteiger partial charge in [0, 0.05) is 19.8 Å². The molecule has 1 saturated heterocycles. The van der Waals surface area contributed by atoms with Gasteiger partial charge >= 0.3 is 0 Å². The van der Waals surface area contributed by atoms with Crippen LogP contribution in [0.25, 0.3) is 0 Å². The molecule has 6 nitrogen and oxygen atoms in total. The van der Waals surface area contributed by atoms with Crippen molar-refractivity contribution in [3.8, 4) is 0 Å². The molecule has 3 rings (SSSR count). The summed E-state index contributed by atoms with van der Waals surface area (Å²) in [4.78, 5) is 4.25. The van der Waals surface area contributed by atoms with Crippen molar-refractivity contribution >= 4 is 0 Å². The number of benzene rings is 1. The normalized spacial score (nSPS) is 22.0. The van der Waals surface area contributed by atoms with Gasteiger partial charge in [0.1, 0.15) is 6.61 Å². The average molecular weight is 339 g/mol. The number of aromatic nitrogens is 2. The van der Waals surface area contributed by atoms with Crippen LogP contribution in [0.3, 0.4) is 0 Å². The molecule has 0 unspecified atom stereocenters. The molecule has 0 bridgehead atoms. The van der Waals surface area contributed by atoms with E-state index >= 15 is 0 Å². The van der Waals surface area contributed by atoms with Crippen LogP contribution in [0.1, 0.15) is 42.8 Å². The maximum atomic E-state index is 13.5. The Labute approximate surface area is 138 Å². The van der Waals surface area contributed by atoms with Crippen LogP contribution in [-0.2, 0) is 16.1 Å². The number of methoxy groups -OCH3 is 1. The molecule has 0 saturated carbocycles. The number of halogens is 2. The minimum Gasteiger partial charge on any atom is -0.377 e. The fourth-order valence-electron chi connectivity index (χ4n) is 2.80. The number of hydrogen-bond acceptors (Lipinski definition) is 6. The van der Waals surface area contributed by atoms with E-state index in [0.717, 1.165) is 12.5 Å². The number of ether oxygens (including phenoxy) is 2. The Balaban J connectivity index is 1.69. The lowest BCUT2D eigenvalue weighted by molar-refractivity contribution is 0.0954. The maximum Gasteiger partial charge on any atom is 0.243 e. The SMILES string of the molecule is COCc1noc([C@H](C)N[C@H]2CCO[C@H]2c2ccc(F)c(F)c2)n1. The predicted octanol–water partition coefficient (Wildman–Crippen LogP) is 2.68. The van der Waals surface area contributed by atoms with Crippen molar-refractivity contribution in [2.45, 2.75) is 38.1 Å². The zero-order valence-corrected chi connectivity index (χ0v) is 13.5. The first-order chi connectivity index (χ1) is 11.6. The molecule has 8 heteroatoms. The Morgan fingerprint density at radius 2 is 2.21 bits per heavy atom. The molecular weight excluding hydrogens is 320 g/mol. The Morgan fingerprint density at radius 1 is 1.38 bits per heavy atom. The molecule has 1 aromatic carbocycles. The standard InChI is InChI=1S/C16H19F2N3O3/c1-9(16-20-14(8-22-2)21-24-16)19-13-5-6-23-15(13)10-3-4-11(17)12(18)7-10/h3-4,7,9,13,15,19H,5-6,8H2,1-2H3/t9-,13-,15-/m0/s1. The predicted molar refractivity (Wildman–Crippen MR) is 80.0 cm³/mol. The van der Waals surface area contributed by atoms with E-state index in [1.807, 2.05) is 6.92 Å². The van der Waals surface area contributed by atoms with Crippen molar-refractivity contribution in [1.29, 1.82) is 0 Å². The van der Waals surface area contributed by atoms with Crippen molar-refractivity contribution in [2.75, 3.05) is 13.7 Å². The summed E-state index contributed by atoms with van der Waals surface area (Å²) in [5.41, 5.74) is 0.599. The van der Waals surface area contributed by atoms with Crippen LogP contribution in [0, 0.1) is 11.6 Å². The van der Waals surface area contributed by atoms with Gasteiger partial charge in [-0.1, -0.05) is 11.2 Å². The smallest absolute Gasteiger partial charge is 0.243 e. The van der Waals surface area contributed by atoms with Gasteiger partial charge in [-0.25, -0.2) is 8.78 Å². The highest BCUT2D eigenvalue weighted by molar-refractivity contribution is 5.22. The van der Waals surface area contributed by atoms with Gasteiger partial charge in [-0.2, -0.15) is 4.98 Å². The fourth-order valence-corrected chi connectivity index (χ4v) is 2.80. The van der Waals surface area contributed by atoms with E-state index in [9.17, 15) is 8.78 Å². The molecule has 1 fully saturated rings. The monoisotopic (exact) mass is 339 g/mol. The van der Waals surface area contributed by atoms with Crippen LogP contribution in [0.5, 0.6) is 0 Å². The summed E-state index contributed by atoms with van der Waals surface area (Å²) >= 11 is 0. The third-order valence-corrected chi connectivity index (χ3v) is 3.96. The summed E-state index contributed by atoms with van der Waals surface area (Å²) in [6.07, 6.45) is 0.386. The largest absolute Gasteiger partial charge is 0.377 e. The van der Waals surface area contributed by atoms with E-state index in [1.165, 1.54) is 12.1 Å². The van der Waals surface area contributed by atoms with Gasteiger partial charge in [0.05, 0.1) is 12.1 Å². The van der Waals surface area contributed by atoms with E-state index in [1.54, 1.807) is 7.11 Å². The second-order valence-corrected chi connectivity index (χ2v) is 5.73. The van der Waals surface area contributed by atoms with Gasteiger partial charge in [-0.15, -0.1) is 0 Å². The number of nitrogens with zero attached hydrogens (tertiary/aromatic N) is 2. The maximum absolute atomic E-state index is 13.5. The number of hydrogen-bond donors (Lipinski definition) is 1. The lowest BCUT2D eigenvalue weighted by atomic mass is 10.0. The summed E-state index contributed by atoms with van der Waals surface area (Å²) in [5, 5.41) is 7.18. The highest BCUT2D eigenvalue weighted by Crippen LogP contribution is 2.31. The molecule has 0 amide bonds. The zero-order chi connectivity index (χ0) is 17.1. The minimum absolute atomic E-state index is 0.0670. The van der Waals surface area contributed by atoms with E-state index < -0.39 is 11.6 Å². The molecule has 0 spiro atoms. The Hall–Kier alpha value is -1.90. The van der Waals surface area contributed by atoms with Crippen molar-refractivity contribution in [3.05, 3.63) is 47.1 Å². The highest BCUT2D eigenvalue weighted by Gasteiger charge is 2.32. The van der Waals surface area contributed by atoms with Gasteiger partial charge in [-0.05, 0) is 31.0 Å². The molecule has 3 atom stereocenters. The summed E-state index contributed by atoms with van der Waals surface area (Å²) in [7, 11) is 1.56. The van der Waals surface area contributed by atoms with Crippen LogP contribution >= 0.6 is 0 Å².